The van der Waals surface area contributed by atoms with E-state index in [-0.39, 0.29) is 24.0 Å². The highest BCUT2D eigenvalue weighted by Crippen LogP contribution is 2.28. The first kappa shape index (κ1) is 17.5. The molecular weight excluding hydrogens is 338 g/mol. The molecule has 2 N–H and O–H groups in total. The van der Waals surface area contributed by atoms with Crippen LogP contribution in [0.4, 0.5) is 0 Å². The third kappa shape index (κ3) is 3.85. The van der Waals surface area contributed by atoms with E-state index in [0.717, 1.165) is 0 Å². The molecule has 0 radical (unpaired) electrons. The summed E-state index contributed by atoms with van der Waals surface area (Å²) in [6.45, 7) is 0.655. The second kappa shape index (κ2) is 7.73. The van der Waals surface area contributed by atoms with Crippen LogP contribution in [0.3, 0.4) is 0 Å². The lowest BCUT2D eigenvalue weighted by atomic mass is 10.1. The van der Waals surface area contributed by atoms with Gasteiger partial charge in [0.1, 0.15) is 5.76 Å². The molecule has 1 aromatic carbocycles. The molecule has 1 atom stereocenters. The normalized spacial score (nSPS) is 17.0. The Hall–Kier alpha value is -3.29. The number of methoxy groups -OCH3 is 1. The first-order valence-electron chi connectivity index (χ1n) is 8.07. The summed E-state index contributed by atoms with van der Waals surface area (Å²) in [6, 6.07) is 8.49. The fraction of sp³-hybridized carbons (Fsp3) is 0.278. The topological polar surface area (TPSA) is 104 Å². The molecule has 3 rings (SSSR count). The summed E-state index contributed by atoms with van der Waals surface area (Å²) in [5.41, 5.74) is 2.82. The highest BCUT2D eigenvalue weighted by atomic mass is 16.5. The number of aromatic hydroxyl groups is 1. The summed E-state index contributed by atoms with van der Waals surface area (Å²) in [5, 5.41) is 13.8. The molecule has 1 aliphatic rings. The van der Waals surface area contributed by atoms with E-state index < -0.39 is 5.92 Å². The van der Waals surface area contributed by atoms with Gasteiger partial charge in [0.2, 0.25) is 11.8 Å². The number of furan rings is 1. The molecule has 2 amide bonds. The van der Waals surface area contributed by atoms with Gasteiger partial charge in [-0.05, 0) is 24.3 Å². The Balaban J connectivity index is 1.56. The van der Waals surface area contributed by atoms with Crippen molar-refractivity contribution >= 4 is 18.0 Å². The number of hydrogen-bond donors (Lipinski definition) is 2. The minimum atomic E-state index is -0.478. The number of nitrogens with zero attached hydrogens (tertiary/aromatic N) is 2. The standard InChI is InChI=1S/C18H19N3O5/c1-25-15-6-2-4-12(17(15)23)9-19-20-18(24)13-8-16(22)21(10-13)11-14-5-3-7-26-14/h2-7,9,13,23H,8,10-11H2,1H3,(H,20,24)/b19-9+. The van der Waals surface area contributed by atoms with Gasteiger partial charge < -0.3 is 19.2 Å². The summed E-state index contributed by atoms with van der Waals surface area (Å²) in [7, 11) is 1.45. The average Bonchev–Trinajstić information content (AvgIpc) is 3.27. The smallest absolute Gasteiger partial charge is 0.245 e. The lowest BCUT2D eigenvalue weighted by molar-refractivity contribution is -0.129. The van der Waals surface area contributed by atoms with Crippen LogP contribution in [0, 0.1) is 5.92 Å². The largest absolute Gasteiger partial charge is 0.504 e. The van der Waals surface area contributed by atoms with Crippen molar-refractivity contribution in [1.82, 2.24) is 10.3 Å². The van der Waals surface area contributed by atoms with Gasteiger partial charge in [-0.15, -0.1) is 0 Å². The maximum atomic E-state index is 12.2. The summed E-state index contributed by atoms with van der Waals surface area (Å²) in [4.78, 5) is 25.9. The number of para-hydroxylation sites is 1. The highest BCUT2D eigenvalue weighted by Gasteiger charge is 2.34. The number of rotatable bonds is 6. The Morgan fingerprint density at radius 3 is 3.04 bits per heavy atom. The molecule has 0 saturated carbocycles. The monoisotopic (exact) mass is 357 g/mol. The molecule has 2 aromatic rings. The zero-order valence-corrected chi connectivity index (χ0v) is 14.2. The van der Waals surface area contributed by atoms with Crippen LogP contribution in [0.2, 0.25) is 0 Å². The van der Waals surface area contributed by atoms with Crippen molar-refractivity contribution < 1.29 is 23.8 Å². The Morgan fingerprint density at radius 1 is 1.46 bits per heavy atom. The van der Waals surface area contributed by atoms with Crippen molar-refractivity contribution in [2.24, 2.45) is 11.0 Å². The fourth-order valence-corrected chi connectivity index (χ4v) is 2.76. The van der Waals surface area contributed by atoms with Crippen LogP contribution < -0.4 is 10.2 Å². The average molecular weight is 357 g/mol. The number of carbonyl (C=O) groups is 2. The van der Waals surface area contributed by atoms with E-state index in [9.17, 15) is 14.7 Å². The quantitative estimate of drug-likeness (QED) is 0.602. The minimum absolute atomic E-state index is 0.0614. The first-order chi connectivity index (χ1) is 12.6. The van der Waals surface area contributed by atoms with Gasteiger partial charge in [0.15, 0.2) is 11.5 Å². The lowest BCUT2D eigenvalue weighted by Gasteiger charge is -2.14. The Labute approximate surface area is 150 Å². The van der Waals surface area contributed by atoms with E-state index >= 15 is 0 Å². The van der Waals surface area contributed by atoms with Crippen LogP contribution in [0.25, 0.3) is 0 Å². The maximum Gasteiger partial charge on any atom is 0.245 e. The number of benzene rings is 1. The zero-order valence-electron chi connectivity index (χ0n) is 14.2. The van der Waals surface area contributed by atoms with Crippen molar-refractivity contribution in [3.63, 3.8) is 0 Å². The van der Waals surface area contributed by atoms with Crippen LogP contribution in [0.5, 0.6) is 11.5 Å². The van der Waals surface area contributed by atoms with Crippen molar-refractivity contribution in [2.45, 2.75) is 13.0 Å². The number of carbonyl (C=O) groups excluding carboxylic acids is 2. The van der Waals surface area contributed by atoms with Crippen molar-refractivity contribution in [3.8, 4) is 11.5 Å². The second-order valence-corrected chi connectivity index (χ2v) is 5.89. The lowest BCUT2D eigenvalue weighted by Crippen LogP contribution is -2.30. The first-order valence-corrected chi connectivity index (χ1v) is 8.07. The molecule has 0 spiro atoms. The van der Waals surface area contributed by atoms with Gasteiger partial charge in [0.25, 0.3) is 0 Å². The number of likely N-dealkylation sites (tertiary alicyclic amines) is 1. The van der Waals surface area contributed by atoms with Crippen molar-refractivity contribution in [3.05, 3.63) is 47.9 Å². The molecule has 8 nitrogen and oxygen atoms in total. The number of amides is 2. The van der Waals surface area contributed by atoms with Gasteiger partial charge in [-0.25, -0.2) is 5.43 Å². The van der Waals surface area contributed by atoms with Crippen LogP contribution in [0.1, 0.15) is 17.7 Å². The van der Waals surface area contributed by atoms with Gasteiger partial charge in [-0.3, -0.25) is 9.59 Å². The molecule has 1 aliphatic heterocycles. The molecule has 1 fully saturated rings. The highest BCUT2D eigenvalue weighted by molar-refractivity contribution is 5.90. The van der Waals surface area contributed by atoms with Gasteiger partial charge in [-0.2, -0.15) is 5.10 Å². The zero-order chi connectivity index (χ0) is 18.5. The number of hydrogen-bond acceptors (Lipinski definition) is 6. The molecule has 0 bridgehead atoms. The van der Waals surface area contributed by atoms with E-state index in [1.54, 1.807) is 41.5 Å². The number of hydrazone groups is 1. The van der Waals surface area contributed by atoms with Gasteiger partial charge >= 0.3 is 0 Å². The summed E-state index contributed by atoms with van der Waals surface area (Å²) < 4.78 is 10.2. The molecule has 1 saturated heterocycles. The number of phenolic OH excluding ortho intramolecular Hbond substituents is 1. The van der Waals surface area contributed by atoms with E-state index in [4.69, 9.17) is 9.15 Å². The second-order valence-electron chi connectivity index (χ2n) is 5.89. The summed E-state index contributed by atoms with van der Waals surface area (Å²) in [6.07, 6.45) is 3.00. The molecule has 1 unspecified atom stereocenters. The number of nitrogens with one attached hydrogen (secondary N) is 1. The molecular formula is C18H19N3O5. The third-order valence-corrected chi connectivity index (χ3v) is 4.14. The van der Waals surface area contributed by atoms with Crippen LogP contribution >= 0.6 is 0 Å². The van der Waals surface area contributed by atoms with E-state index in [0.29, 0.717) is 30.2 Å². The van der Waals surface area contributed by atoms with Crippen molar-refractivity contribution in [2.75, 3.05) is 13.7 Å². The maximum absolute atomic E-state index is 12.2. The van der Waals surface area contributed by atoms with Gasteiger partial charge in [0.05, 0.1) is 32.1 Å². The molecule has 8 heteroatoms. The molecule has 0 aliphatic carbocycles. The Bertz CT molecular complexity index is 816. The SMILES string of the molecule is COc1cccc(/C=N/NC(=O)C2CC(=O)N(Cc3ccco3)C2)c1O. The minimum Gasteiger partial charge on any atom is -0.504 e. The summed E-state index contributed by atoms with van der Waals surface area (Å²) >= 11 is 0. The molecule has 1 aromatic heterocycles. The van der Waals surface area contributed by atoms with Crippen LogP contribution in [-0.2, 0) is 16.1 Å². The fourth-order valence-electron chi connectivity index (χ4n) is 2.76. The predicted molar refractivity (Wildman–Crippen MR) is 92.6 cm³/mol. The third-order valence-electron chi connectivity index (χ3n) is 4.14. The van der Waals surface area contributed by atoms with E-state index in [1.165, 1.54) is 13.3 Å². The molecule has 26 heavy (non-hydrogen) atoms. The van der Waals surface area contributed by atoms with Gasteiger partial charge in [-0.1, -0.05) is 6.07 Å². The predicted octanol–water partition coefficient (Wildman–Crippen LogP) is 1.49. The van der Waals surface area contributed by atoms with Crippen molar-refractivity contribution in [1.29, 1.82) is 0 Å². The Morgan fingerprint density at radius 2 is 2.31 bits per heavy atom. The number of phenols is 1. The summed E-state index contributed by atoms with van der Waals surface area (Å²) in [5.74, 6) is -0.00162. The van der Waals surface area contributed by atoms with Gasteiger partial charge in [0, 0.05) is 18.5 Å². The van der Waals surface area contributed by atoms with E-state index in [1.807, 2.05) is 0 Å². The molecule has 136 valence electrons. The Kier molecular flexibility index (Phi) is 5.21. The van der Waals surface area contributed by atoms with Crippen LogP contribution in [-0.4, -0.2) is 41.7 Å². The number of ether oxygens (including phenoxy) is 1. The molecule has 2 heterocycles. The van der Waals surface area contributed by atoms with Crippen LogP contribution in [0.15, 0.2) is 46.1 Å². The van der Waals surface area contributed by atoms with E-state index in [2.05, 4.69) is 10.5 Å².